The molecule has 0 bridgehead atoms. The van der Waals surface area contributed by atoms with Crippen LogP contribution < -0.4 is 0 Å². The van der Waals surface area contributed by atoms with E-state index in [-0.39, 0.29) is 0 Å². The number of para-hydroxylation sites is 1. The molecule has 1 nitrogen and oxygen atoms in total. The largest absolute Gasteiger partial charge is 0.343 e. The molecule has 1 heterocycles. The second kappa shape index (κ2) is 2.99. The van der Waals surface area contributed by atoms with E-state index in [1.165, 1.54) is 32.9 Å². The lowest BCUT2D eigenvalue weighted by molar-refractivity contribution is 0.772. The summed E-state index contributed by atoms with van der Waals surface area (Å²) in [5, 5.41) is 1.41. The first-order valence-corrected chi connectivity index (χ1v) is 6.11. The Bertz CT molecular complexity index is 494. The number of aromatic nitrogens is 1. The van der Waals surface area contributed by atoms with E-state index >= 15 is 0 Å². The van der Waals surface area contributed by atoms with Gasteiger partial charge in [0.05, 0.1) is 5.52 Å². The lowest BCUT2D eigenvalue weighted by Gasteiger charge is -2.04. The molecule has 1 aliphatic rings. The van der Waals surface area contributed by atoms with E-state index < -0.39 is 0 Å². The molecule has 1 fully saturated rings. The smallest absolute Gasteiger partial charge is 0.0523 e. The molecule has 1 saturated carbocycles. The van der Waals surface area contributed by atoms with E-state index in [0.717, 1.165) is 6.04 Å². The van der Waals surface area contributed by atoms with Crippen LogP contribution in [0.3, 0.4) is 0 Å². The number of hydrogen-bond donors (Lipinski definition) is 0. The standard InChI is InChI=1S/C12H12IN/c1-8-3-2-4-10-11(13)7-14(12(8)10)9-5-6-9/h2-4,7,9H,5-6H2,1H3. The summed E-state index contributed by atoms with van der Waals surface area (Å²) >= 11 is 2.44. The van der Waals surface area contributed by atoms with Crippen molar-refractivity contribution < 1.29 is 0 Å². The van der Waals surface area contributed by atoms with E-state index in [4.69, 9.17) is 0 Å². The molecule has 72 valence electrons. The van der Waals surface area contributed by atoms with Crippen molar-refractivity contribution in [3.05, 3.63) is 33.5 Å². The van der Waals surface area contributed by atoms with Crippen molar-refractivity contribution in [2.75, 3.05) is 0 Å². The summed E-state index contributed by atoms with van der Waals surface area (Å²) in [5.41, 5.74) is 2.84. The summed E-state index contributed by atoms with van der Waals surface area (Å²) in [7, 11) is 0. The molecule has 1 aromatic heterocycles. The molecule has 3 rings (SSSR count). The van der Waals surface area contributed by atoms with E-state index in [2.05, 4.69) is 58.5 Å². The first kappa shape index (κ1) is 8.77. The van der Waals surface area contributed by atoms with E-state index in [1.807, 2.05) is 0 Å². The first-order valence-electron chi connectivity index (χ1n) is 5.03. The maximum absolute atomic E-state index is 2.46. The predicted octanol–water partition coefficient (Wildman–Crippen LogP) is 3.89. The SMILES string of the molecule is Cc1cccc2c(I)cn(C3CC3)c12. The highest BCUT2D eigenvalue weighted by Crippen LogP contribution is 2.39. The molecule has 2 aromatic rings. The Balaban J connectivity index is 2.39. The van der Waals surface area contributed by atoms with E-state index in [9.17, 15) is 0 Å². The van der Waals surface area contributed by atoms with Crippen LogP contribution in [0.15, 0.2) is 24.4 Å². The molecule has 0 saturated heterocycles. The third kappa shape index (κ3) is 1.20. The zero-order valence-electron chi connectivity index (χ0n) is 8.13. The number of hydrogen-bond acceptors (Lipinski definition) is 0. The molecule has 0 N–H and O–H groups in total. The average Bonchev–Trinajstić information content (AvgIpc) is 2.94. The Hall–Kier alpha value is -0.510. The summed E-state index contributed by atoms with van der Waals surface area (Å²) in [5.74, 6) is 0. The molecule has 0 atom stereocenters. The van der Waals surface area contributed by atoms with Gasteiger partial charge >= 0.3 is 0 Å². The van der Waals surface area contributed by atoms with Crippen LogP contribution in [0.1, 0.15) is 24.4 Å². The first-order chi connectivity index (χ1) is 6.77. The molecule has 2 heteroatoms. The van der Waals surface area contributed by atoms with Gasteiger partial charge in [-0.25, -0.2) is 0 Å². The number of halogens is 1. The molecule has 14 heavy (non-hydrogen) atoms. The number of aryl methyl sites for hydroxylation is 1. The Morgan fingerprint density at radius 3 is 2.86 bits per heavy atom. The molecular weight excluding hydrogens is 285 g/mol. The van der Waals surface area contributed by atoms with Crippen LogP contribution in [0.5, 0.6) is 0 Å². The van der Waals surface area contributed by atoms with Gasteiger partial charge < -0.3 is 4.57 Å². The van der Waals surface area contributed by atoms with Gasteiger partial charge in [-0.05, 0) is 47.9 Å². The minimum atomic E-state index is 0.780. The lowest BCUT2D eigenvalue weighted by Crippen LogP contribution is -1.92. The topological polar surface area (TPSA) is 4.93 Å². The Morgan fingerprint density at radius 2 is 2.14 bits per heavy atom. The maximum atomic E-state index is 2.46. The van der Waals surface area contributed by atoms with Crippen LogP contribution in [0.2, 0.25) is 0 Å². The van der Waals surface area contributed by atoms with Crippen molar-refractivity contribution in [1.29, 1.82) is 0 Å². The summed E-state index contributed by atoms with van der Waals surface area (Å²) in [6, 6.07) is 7.36. The zero-order valence-corrected chi connectivity index (χ0v) is 10.3. The highest BCUT2D eigenvalue weighted by atomic mass is 127. The fourth-order valence-electron chi connectivity index (χ4n) is 2.09. The normalized spacial score (nSPS) is 16.4. The van der Waals surface area contributed by atoms with Crippen LogP contribution in [-0.2, 0) is 0 Å². The van der Waals surface area contributed by atoms with Gasteiger partial charge in [-0.2, -0.15) is 0 Å². The summed E-state index contributed by atoms with van der Waals surface area (Å²) < 4.78 is 3.85. The van der Waals surface area contributed by atoms with Gasteiger partial charge in [0.25, 0.3) is 0 Å². The zero-order chi connectivity index (χ0) is 9.71. The Kier molecular flexibility index (Phi) is 1.87. The van der Waals surface area contributed by atoms with Gasteiger partial charge in [-0.3, -0.25) is 0 Å². The van der Waals surface area contributed by atoms with E-state index in [1.54, 1.807) is 0 Å². The summed E-state index contributed by atoms with van der Waals surface area (Å²) in [6.45, 7) is 2.21. The van der Waals surface area contributed by atoms with Gasteiger partial charge in [0.15, 0.2) is 0 Å². The van der Waals surface area contributed by atoms with Gasteiger partial charge in [0.1, 0.15) is 0 Å². The molecule has 0 unspecified atom stereocenters. The quantitative estimate of drug-likeness (QED) is 0.704. The molecule has 0 aliphatic heterocycles. The van der Waals surface area contributed by atoms with Crippen LogP contribution in [0.4, 0.5) is 0 Å². The molecule has 0 spiro atoms. The third-order valence-electron chi connectivity index (χ3n) is 2.95. The molecule has 1 aliphatic carbocycles. The predicted molar refractivity (Wildman–Crippen MR) is 67.7 cm³/mol. The highest BCUT2D eigenvalue weighted by molar-refractivity contribution is 14.1. The van der Waals surface area contributed by atoms with Gasteiger partial charge in [0.2, 0.25) is 0 Å². The van der Waals surface area contributed by atoms with Crippen molar-refractivity contribution in [2.24, 2.45) is 0 Å². The Morgan fingerprint density at radius 1 is 1.36 bits per heavy atom. The number of nitrogens with zero attached hydrogens (tertiary/aromatic N) is 1. The van der Waals surface area contributed by atoms with Crippen molar-refractivity contribution in [2.45, 2.75) is 25.8 Å². The Labute approximate surface area is 97.2 Å². The molecule has 0 amide bonds. The van der Waals surface area contributed by atoms with Crippen LogP contribution in [0, 0.1) is 10.5 Å². The minimum Gasteiger partial charge on any atom is -0.343 e. The van der Waals surface area contributed by atoms with Crippen molar-refractivity contribution in [1.82, 2.24) is 4.57 Å². The fourth-order valence-corrected chi connectivity index (χ4v) is 2.83. The number of benzene rings is 1. The summed E-state index contributed by atoms with van der Waals surface area (Å²) in [4.78, 5) is 0. The van der Waals surface area contributed by atoms with E-state index in [0.29, 0.717) is 0 Å². The van der Waals surface area contributed by atoms with Gasteiger partial charge in [-0.15, -0.1) is 0 Å². The molecular formula is C12H12IN. The second-order valence-electron chi connectivity index (χ2n) is 4.09. The fraction of sp³-hybridized carbons (Fsp3) is 0.333. The number of rotatable bonds is 1. The monoisotopic (exact) mass is 297 g/mol. The lowest BCUT2D eigenvalue weighted by atomic mass is 10.2. The van der Waals surface area contributed by atoms with Crippen LogP contribution in [0.25, 0.3) is 10.9 Å². The van der Waals surface area contributed by atoms with Crippen LogP contribution in [-0.4, -0.2) is 4.57 Å². The molecule has 1 aromatic carbocycles. The molecule has 0 radical (unpaired) electrons. The third-order valence-corrected chi connectivity index (χ3v) is 3.81. The minimum absolute atomic E-state index is 0.780. The number of fused-ring (bicyclic) bond motifs is 1. The average molecular weight is 297 g/mol. The van der Waals surface area contributed by atoms with Crippen LogP contribution >= 0.6 is 22.6 Å². The second-order valence-corrected chi connectivity index (χ2v) is 5.25. The van der Waals surface area contributed by atoms with Gasteiger partial charge in [-0.1, -0.05) is 18.2 Å². The van der Waals surface area contributed by atoms with Crippen molar-refractivity contribution in [3.63, 3.8) is 0 Å². The summed E-state index contributed by atoms with van der Waals surface area (Å²) in [6.07, 6.45) is 5.01. The maximum Gasteiger partial charge on any atom is 0.0523 e. The highest BCUT2D eigenvalue weighted by Gasteiger charge is 2.25. The van der Waals surface area contributed by atoms with Gasteiger partial charge in [0, 0.05) is 21.2 Å². The van der Waals surface area contributed by atoms with Crippen molar-refractivity contribution in [3.8, 4) is 0 Å². The van der Waals surface area contributed by atoms with Crippen molar-refractivity contribution >= 4 is 33.5 Å².